The van der Waals surface area contributed by atoms with Crippen molar-refractivity contribution in [3.05, 3.63) is 89.5 Å². The van der Waals surface area contributed by atoms with Crippen LogP contribution in [0.5, 0.6) is 0 Å². The third kappa shape index (κ3) is 6.46. The summed E-state index contributed by atoms with van der Waals surface area (Å²) in [6, 6.07) is 21.7. The third-order valence-corrected chi connectivity index (χ3v) is 5.95. The normalized spacial score (nSPS) is 13.2. The van der Waals surface area contributed by atoms with Crippen LogP contribution >= 0.6 is 0 Å². The van der Waals surface area contributed by atoms with Crippen molar-refractivity contribution < 1.29 is 29.0 Å². The molecule has 3 N–H and O–H groups in total. The van der Waals surface area contributed by atoms with E-state index in [4.69, 9.17) is 9.47 Å². The SMILES string of the molecule is CC(C)(C)OC(=O)N[C@H](Cc1cccc(NC(=O)OCC2c3ccccc3-c3ccccc32)c1)C(=O)O. The Morgan fingerprint density at radius 2 is 1.51 bits per heavy atom. The molecule has 0 aliphatic heterocycles. The van der Waals surface area contributed by atoms with E-state index < -0.39 is 29.8 Å². The fourth-order valence-corrected chi connectivity index (χ4v) is 4.41. The van der Waals surface area contributed by atoms with Crippen LogP contribution in [0.25, 0.3) is 11.1 Å². The lowest BCUT2D eigenvalue weighted by molar-refractivity contribution is -0.139. The first kappa shape index (κ1) is 25.8. The van der Waals surface area contributed by atoms with Gasteiger partial charge in [0.1, 0.15) is 18.2 Å². The molecule has 4 rings (SSSR count). The number of hydrogen-bond acceptors (Lipinski definition) is 5. The van der Waals surface area contributed by atoms with E-state index in [1.165, 1.54) is 0 Å². The second kappa shape index (κ2) is 10.7. The molecule has 8 nitrogen and oxygen atoms in total. The van der Waals surface area contributed by atoms with Crippen molar-refractivity contribution in [1.29, 1.82) is 0 Å². The fraction of sp³-hybridized carbons (Fsp3) is 0.276. The zero-order chi connectivity index (χ0) is 26.6. The maximum Gasteiger partial charge on any atom is 0.411 e. The van der Waals surface area contributed by atoms with Crippen molar-refractivity contribution in [2.45, 2.75) is 44.8 Å². The Bertz CT molecular complexity index is 1270. The molecule has 1 aliphatic carbocycles. The summed E-state index contributed by atoms with van der Waals surface area (Å²) < 4.78 is 10.7. The minimum Gasteiger partial charge on any atom is -0.480 e. The highest BCUT2D eigenvalue weighted by Gasteiger charge is 2.29. The molecule has 0 unspecified atom stereocenters. The average molecular weight is 503 g/mol. The fourth-order valence-electron chi connectivity index (χ4n) is 4.41. The van der Waals surface area contributed by atoms with Crippen LogP contribution in [0.3, 0.4) is 0 Å². The summed E-state index contributed by atoms with van der Waals surface area (Å²) in [7, 11) is 0. The summed E-state index contributed by atoms with van der Waals surface area (Å²) in [5.41, 5.74) is 4.85. The molecule has 37 heavy (non-hydrogen) atoms. The summed E-state index contributed by atoms with van der Waals surface area (Å²) in [6.45, 7) is 5.27. The van der Waals surface area contributed by atoms with Crippen molar-refractivity contribution in [2.75, 3.05) is 11.9 Å². The van der Waals surface area contributed by atoms with E-state index in [1.807, 2.05) is 24.3 Å². The van der Waals surface area contributed by atoms with Gasteiger partial charge in [-0.3, -0.25) is 5.32 Å². The predicted molar refractivity (Wildman–Crippen MR) is 140 cm³/mol. The molecule has 1 atom stereocenters. The molecule has 2 amide bonds. The number of aliphatic carboxylic acids is 1. The number of alkyl carbamates (subject to hydrolysis) is 1. The molecule has 3 aromatic rings. The van der Waals surface area contributed by atoms with Gasteiger partial charge in [-0.05, 0) is 60.7 Å². The van der Waals surface area contributed by atoms with Crippen LogP contribution in [0.15, 0.2) is 72.8 Å². The Labute approximate surface area is 215 Å². The molecule has 8 heteroatoms. The number of carbonyl (C=O) groups excluding carboxylic acids is 2. The lowest BCUT2D eigenvalue weighted by atomic mass is 9.98. The van der Waals surface area contributed by atoms with E-state index >= 15 is 0 Å². The van der Waals surface area contributed by atoms with Crippen LogP contribution in [0.2, 0.25) is 0 Å². The average Bonchev–Trinajstić information content (AvgIpc) is 3.15. The summed E-state index contributed by atoms with van der Waals surface area (Å²) in [5.74, 6) is -1.25. The Kier molecular flexibility index (Phi) is 7.47. The minimum atomic E-state index is -1.19. The number of ether oxygens (including phenoxy) is 2. The maximum absolute atomic E-state index is 12.6. The number of rotatable bonds is 7. The number of carboxylic acids is 1. The predicted octanol–water partition coefficient (Wildman–Crippen LogP) is 5.57. The molecule has 0 heterocycles. The van der Waals surface area contributed by atoms with Gasteiger partial charge in [0.05, 0.1) is 0 Å². The molecule has 0 spiro atoms. The van der Waals surface area contributed by atoms with Gasteiger partial charge in [-0.1, -0.05) is 60.7 Å². The highest BCUT2D eigenvalue weighted by Crippen LogP contribution is 2.44. The Balaban J connectivity index is 1.37. The summed E-state index contributed by atoms with van der Waals surface area (Å²) in [4.78, 5) is 36.3. The van der Waals surface area contributed by atoms with Gasteiger partial charge in [0.15, 0.2) is 0 Å². The largest absolute Gasteiger partial charge is 0.480 e. The molecular formula is C29H30N2O6. The number of anilines is 1. The number of carboxylic acid groups (broad SMARTS) is 1. The molecule has 0 aromatic heterocycles. The number of amides is 2. The lowest BCUT2D eigenvalue weighted by Crippen LogP contribution is -2.44. The Morgan fingerprint density at radius 3 is 2.11 bits per heavy atom. The van der Waals surface area contributed by atoms with Crippen molar-refractivity contribution in [3.63, 3.8) is 0 Å². The second-order valence-electron chi connectivity index (χ2n) is 9.89. The van der Waals surface area contributed by atoms with Crippen molar-refractivity contribution >= 4 is 23.8 Å². The van der Waals surface area contributed by atoms with Crippen molar-refractivity contribution in [3.8, 4) is 11.1 Å². The molecular weight excluding hydrogens is 472 g/mol. The van der Waals surface area contributed by atoms with Gasteiger partial charge in [0.2, 0.25) is 0 Å². The van der Waals surface area contributed by atoms with E-state index in [0.717, 1.165) is 22.3 Å². The molecule has 0 saturated carbocycles. The standard InChI is InChI=1S/C29H30N2O6/c1-29(2,3)37-28(35)31-25(26(32)33)16-18-9-8-10-19(15-18)30-27(34)36-17-24-22-13-6-4-11-20(22)21-12-5-7-14-23(21)24/h4-15,24-25H,16-17H2,1-3H3,(H,30,34)(H,31,35)(H,32,33)/t25-/m1/s1. The van der Waals surface area contributed by atoms with Crippen LogP contribution in [0.1, 0.15) is 43.4 Å². The van der Waals surface area contributed by atoms with Gasteiger partial charge < -0.3 is 19.9 Å². The number of carbonyl (C=O) groups is 3. The summed E-state index contributed by atoms with van der Waals surface area (Å²) >= 11 is 0. The van der Waals surface area contributed by atoms with Gasteiger partial charge in [-0.2, -0.15) is 0 Å². The van der Waals surface area contributed by atoms with Crippen LogP contribution in [-0.4, -0.2) is 41.5 Å². The zero-order valence-electron chi connectivity index (χ0n) is 21.0. The molecule has 0 saturated heterocycles. The maximum atomic E-state index is 12.6. The van der Waals surface area contributed by atoms with Gasteiger partial charge in [0.25, 0.3) is 0 Å². The summed E-state index contributed by atoms with van der Waals surface area (Å²) in [6.07, 6.45) is -1.41. The Hall–Kier alpha value is -4.33. The first-order chi connectivity index (χ1) is 17.6. The second-order valence-corrected chi connectivity index (χ2v) is 9.89. The zero-order valence-corrected chi connectivity index (χ0v) is 21.0. The molecule has 3 aromatic carbocycles. The van der Waals surface area contributed by atoms with E-state index in [-0.39, 0.29) is 18.9 Å². The van der Waals surface area contributed by atoms with Gasteiger partial charge in [-0.15, -0.1) is 0 Å². The molecule has 0 radical (unpaired) electrons. The van der Waals surface area contributed by atoms with Crippen molar-refractivity contribution in [2.24, 2.45) is 0 Å². The topological polar surface area (TPSA) is 114 Å². The van der Waals surface area contributed by atoms with E-state index in [1.54, 1.807) is 45.0 Å². The Morgan fingerprint density at radius 1 is 0.892 bits per heavy atom. The first-order valence-corrected chi connectivity index (χ1v) is 12.0. The van der Waals surface area contributed by atoms with Crippen LogP contribution < -0.4 is 10.6 Å². The highest BCUT2D eigenvalue weighted by atomic mass is 16.6. The van der Waals surface area contributed by atoms with E-state index in [0.29, 0.717) is 11.3 Å². The quantitative estimate of drug-likeness (QED) is 0.389. The van der Waals surface area contributed by atoms with Crippen LogP contribution in [0.4, 0.5) is 15.3 Å². The number of benzene rings is 3. The number of hydrogen-bond donors (Lipinski definition) is 3. The van der Waals surface area contributed by atoms with Crippen LogP contribution in [0, 0.1) is 0 Å². The highest BCUT2D eigenvalue weighted by molar-refractivity contribution is 5.85. The number of nitrogens with one attached hydrogen (secondary N) is 2. The lowest BCUT2D eigenvalue weighted by Gasteiger charge is -2.22. The molecule has 0 bridgehead atoms. The molecule has 0 fully saturated rings. The van der Waals surface area contributed by atoms with E-state index in [9.17, 15) is 19.5 Å². The van der Waals surface area contributed by atoms with Gasteiger partial charge >= 0.3 is 18.2 Å². The monoisotopic (exact) mass is 502 g/mol. The van der Waals surface area contributed by atoms with E-state index in [2.05, 4.69) is 34.9 Å². The molecule has 192 valence electrons. The third-order valence-electron chi connectivity index (χ3n) is 5.95. The molecule has 1 aliphatic rings. The van der Waals surface area contributed by atoms with Gasteiger partial charge in [0, 0.05) is 18.0 Å². The van der Waals surface area contributed by atoms with Crippen molar-refractivity contribution in [1.82, 2.24) is 5.32 Å². The van der Waals surface area contributed by atoms with Gasteiger partial charge in [-0.25, -0.2) is 14.4 Å². The summed E-state index contributed by atoms with van der Waals surface area (Å²) in [5, 5.41) is 14.6. The first-order valence-electron chi connectivity index (χ1n) is 12.0. The van der Waals surface area contributed by atoms with Crippen LogP contribution in [-0.2, 0) is 20.7 Å². The number of fused-ring (bicyclic) bond motifs is 3. The minimum absolute atomic E-state index is 0.00872. The smallest absolute Gasteiger partial charge is 0.411 e.